The van der Waals surface area contributed by atoms with E-state index in [4.69, 9.17) is 16.0 Å². The lowest BCUT2D eigenvalue weighted by Gasteiger charge is -2.13. The number of rotatable bonds is 5. The summed E-state index contributed by atoms with van der Waals surface area (Å²) < 4.78 is 20.8. The molecule has 0 unspecified atom stereocenters. The summed E-state index contributed by atoms with van der Waals surface area (Å²) in [5, 5.41) is -0.199. The fourth-order valence-electron chi connectivity index (χ4n) is 3.37. The van der Waals surface area contributed by atoms with E-state index < -0.39 is 5.82 Å². The van der Waals surface area contributed by atoms with E-state index in [1.807, 2.05) is 32.0 Å². The summed E-state index contributed by atoms with van der Waals surface area (Å²) in [7, 11) is 0. The van der Waals surface area contributed by atoms with E-state index in [1.165, 1.54) is 18.2 Å². The molecule has 5 nitrogen and oxygen atoms in total. The molecule has 0 atom stereocenters. The fraction of sp³-hybridized carbons (Fsp3) is 0.182. The van der Waals surface area contributed by atoms with Gasteiger partial charge in [0.1, 0.15) is 11.6 Å². The van der Waals surface area contributed by atoms with Gasteiger partial charge in [0.2, 0.25) is 0 Å². The number of benzene rings is 1. The number of aryl methyl sites for hydroxylation is 1. The van der Waals surface area contributed by atoms with Crippen LogP contribution in [-0.2, 0) is 17.9 Å². The maximum absolute atomic E-state index is 13.3. The highest BCUT2D eigenvalue weighted by Crippen LogP contribution is 2.35. The molecule has 1 fully saturated rings. The number of aromatic nitrogens is 1. The van der Waals surface area contributed by atoms with Gasteiger partial charge in [-0.25, -0.2) is 4.39 Å². The monoisotopic (exact) mass is 444 g/mol. The van der Waals surface area contributed by atoms with Crippen molar-refractivity contribution in [1.29, 1.82) is 0 Å². The first-order valence-electron chi connectivity index (χ1n) is 9.22. The standard InChI is InChI=1S/C22H18ClFN2O3S/c1-13-8-16(14(2)25(13)12-18-4-3-7-29-18)9-20-21(27)26(22(28)30-20)11-15-5-6-17(24)10-19(15)23/h3-10H,11-12H2,1-2H3/b20-9-. The highest BCUT2D eigenvalue weighted by Gasteiger charge is 2.35. The van der Waals surface area contributed by atoms with Crippen molar-refractivity contribution in [3.05, 3.63) is 86.7 Å². The number of carbonyl (C=O) groups is 2. The minimum Gasteiger partial charge on any atom is -0.467 e. The van der Waals surface area contributed by atoms with Crippen LogP contribution in [0, 0.1) is 19.7 Å². The number of imide groups is 1. The maximum Gasteiger partial charge on any atom is 0.293 e. The molecule has 30 heavy (non-hydrogen) atoms. The van der Waals surface area contributed by atoms with Gasteiger partial charge in [0.15, 0.2) is 0 Å². The van der Waals surface area contributed by atoms with Gasteiger partial charge in [-0.2, -0.15) is 0 Å². The molecule has 0 radical (unpaired) electrons. The van der Waals surface area contributed by atoms with Gasteiger partial charge < -0.3 is 8.98 Å². The van der Waals surface area contributed by atoms with Crippen molar-refractivity contribution in [2.45, 2.75) is 26.9 Å². The highest BCUT2D eigenvalue weighted by molar-refractivity contribution is 8.18. The molecule has 0 saturated carbocycles. The number of carbonyl (C=O) groups excluding carboxylic acids is 2. The molecule has 0 bridgehead atoms. The largest absolute Gasteiger partial charge is 0.467 e. The van der Waals surface area contributed by atoms with Crippen molar-refractivity contribution in [3.63, 3.8) is 0 Å². The third-order valence-corrected chi connectivity index (χ3v) is 6.27. The second kappa shape index (κ2) is 8.16. The van der Waals surface area contributed by atoms with Crippen molar-refractivity contribution >= 4 is 40.6 Å². The summed E-state index contributed by atoms with van der Waals surface area (Å²) in [4.78, 5) is 26.7. The Hall–Kier alpha value is -2.77. The zero-order valence-corrected chi connectivity index (χ0v) is 17.9. The minimum atomic E-state index is -0.470. The summed E-state index contributed by atoms with van der Waals surface area (Å²) in [5.74, 6) is -0.0243. The Bertz CT molecular complexity index is 1170. The zero-order chi connectivity index (χ0) is 21.4. The van der Waals surface area contributed by atoms with Gasteiger partial charge in [0.25, 0.3) is 11.1 Å². The summed E-state index contributed by atoms with van der Waals surface area (Å²) >= 11 is 6.94. The van der Waals surface area contributed by atoms with Gasteiger partial charge in [-0.05, 0) is 73.1 Å². The van der Waals surface area contributed by atoms with Crippen LogP contribution in [0.15, 0.2) is 52.0 Å². The third kappa shape index (κ3) is 3.95. The number of furan rings is 1. The van der Waals surface area contributed by atoms with Gasteiger partial charge in [0.05, 0.1) is 24.3 Å². The van der Waals surface area contributed by atoms with E-state index in [2.05, 4.69) is 4.57 Å². The second-order valence-electron chi connectivity index (χ2n) is 7.00. The van der Waals surface area contributed by atoms with E-state index in [0.29, 0.717) is 17.0 Å². The number of amides is 2. The summed E-state index contributed by atoms with van der Waals surface area (Å²) in [6.45, 7) is 4.53. The molecule has 0 aliphatic carbocycles. The Morgan fingerprint density at radius 2 is 1.97 bits per heavy atom. The van der Waals surface area contributed by atoms with Crippen molar-refractivity contribution < 1.29 is 18.4 Å². The van der Waals surface area contributed by atoms with Crippen LogP contribution in [0.4, 0.5) is 9.18 Å². The molecule has 0 spiro atoms. The van der Waals surface area contributed by atoms with E-state index in [1.54, 1.807) is 12.3 Å². The molecular formula is C22H18ClFN2O3S. The van der Waals surface area contributed by atoms with Crippen molar-refractivity contribution in [1.82, 2.24) is 9.47 Å². The molecule has 3 heterocycles. The third-order valence-electron chi connectivity index (χ3n) is 5.01. The number of thioether (sulfide) groups is 1. The van der Waals surface area contributed by atoms with Crippen LogP contribution in [-0.4, -0.2) is 20.6 Å². The van der Waals surface area contributed by atoms with E-state index >= 15 is 0 Å². The van der Waals surface area contributed by atoms with Crippen molar-refractivity contribution in [2.75, 3.05) is 0 Å². The quantitative estimate of drug-likeness (QED) is 0.468. The van der Waals surface area contributed by atoms with Crippen LogP contribution in [0.3, 0.4) is 0 Å². The smallest absolute Gasteiger partial charge is 0.293 e. The van der Waals surface area contributed by atoms with E-state index in [0.717, 1.165) is 39.4 Å². The molecular weight excluding hydrogens is 427 g/mol. The first-order valence-corrected chi connectivity index (χ1v) is 10.4. The molecule has 2 amide bonds. The van der Waals surface area contributed by atoms with E-state index in [-0.39, 0.29) is 22.7 Å². The molecule has 1 aliphatic heterocycles. The Kier molecular flexibility index (Phi) is 5.58. The van der Waals surface area contributed by atoms with Gasteiger partial charge in [0, 0.05) is 16.4 Å². The van der Waals surface area contributed by atoms with E-state index in [9.17, 15) is 14.0 Å². The van der Waals surface area contributed by atoms with Gasteiger partial charge in [-0.3, -0.25) is 14.5 Å². The molecule has 2 aromatic heterocycles. The molecule has 154 valence electrons. The van der Waals surface area contributed by atoms with Crippen molar-refractivity contribution in [3.8, 4) is 0 Å². The number of hydrogen-bond acceptors (Lipinski definition) is 4. The second-order valence-corrected chi connectivity index (χ2v) is 8.40. The topological polar surface area (TPSA) is 55.5 Å². The molecule has 3 aromatic rings. The SMILES string of the molecule is Cc1cc(/C=C2\SC(=O)N(Cc3ccc(F)cc3Cl)C2=O)c(C)n1Cc1ccco1. The first kappa shape index (κ1) is 20.5. The van der Waals surface area contributed by atoms with Gasteiger partial charge in [-0.1, -0.05) is 17.7 Å². The number of halogens is 2. The van der Waals surface area contributed by atoms with Gasteiger partial charge >= 0.3 is 0 Å². The van der Waals surface area contributed by atoms with Crippen molar-refractivity contribution in [2.24, 2.45) is 0 Å². The first-order chi connectivity index (χ1) is 14.3. The lowest BCUT2D eigenvalue weighted by Crippen LogP contribution is -2.27. The molecule has 1 aliphatic rings. The van der Waals surface area contributed by atoms with Crippen LogP contribution >= 0.6 is 23.4 Å². The lowest BCUT2D eigenvalue weighted by atomic mass is 10.2. The minimum absolute atomic E-state index is 0.00135. The summed E-state index contributed by atoms with van der Waals surface area (Å²) in [6.07, 6.45) is 3.37. The lowest BCUT2D eigenvalue weighted by molar-refractivity contribution is -0.123. The van der Waals surface area contributed by atoms with Crippen LogP contribution in [0.2, 0.25) is 5.02 Å². The zero-order valence-electron chi connectivity index (χ0n) is 16.3. The molecule has 0 N–H and O–H groups in total. The predicted octanol–water partition coefficient (Wildman–Crippen LogP) is 5.78. The summed E-state index contributed by atoms with van der Waals surface area (Å²) in [6, 6.07) is 9.62. The van der Waals surface area contributed by atoms with Crippen LogP contribution in [0.25, 0.3) is 6.08 Å². The Balaban J connectivity index is 1.58. The normalized spacial score (nSPS) is 15.6. The maximum atomic E-state index is 13.3. The fourth-order valence-corrected chi connectivity index (χ4v) is 4.43. The average molecular weight is 445 g/mol. The van der Waals surface area contributed by atoms with Crippen LogP contribution in [0.1, 0.15) is 28.3 Å². The number of hydrogen-bond donors (Lipinski definition) is 0. The van der Waals surface area contributed by atoms with Crippen LogP contribution in [0.5, 0.6) is 0 Å². The average Bonchev–Trinajstić information content (AvgIpc) is 3.36. The summed E-state index contributed by atoms with van der Waals surface area (Å²) in [5.41, 5.74) is 3.37. The molecule has 1 saturated heterocycles. The molecule has 1 aromatic carbocycles. The molecule has 4 rings (SSSR count). The van der Waals surface area contributed by atoms with Crippen LogP contribution < -0.4 is 0 Å². The van der Waals surface area contributed by atoms with Gasteiger partial charge in [-0.15, -0.1) is 0 Å². The highest BCUT2D eigenvalue weighted by atomic mass is 35.5. The Labute approximate surface area is 182 Å². The Morgan fingerprint density at radius 3 is 2.67 bits per heavy atom. The molecule has 8 heteroatoms. The number of nitrogens with zero attached hydrogens (tertiary/aromatic N) is 2. The Morgan fingerprint density at radius 1 is 1.17 bits per heavy atom. The predicted molar refractivity (Wildman–Crippen MR) is 115 cm³/mol.